The fourth-order valence-electron chi connectivity index (χ4n) is 6.34. The van der Waals surface area contributed by atoms with Gasteiger partial charge >= 0.3 is 0 Å². The maximum atomic E-state index is 3.94. The minimum Gasteiger partial charge on any atom is -0.310 e. The third-order valence-electron chi connectivity index (χ3n) is 8.86. The first-order chi connectivity index (χ1) is 24.2. The molecular weight excluding hydrogens is 591 g/mol. The molecule has 0 aliphatic rings. The Balaban J connectivity index is 1.27. The third kappa shape index (κ3) is 6.83. The topological polar surface area (TPSA) is 3.24 Å². The molecule has 1 nitrogen and oxygen atoms in total. The highest BCUT2D eigenvalue weighted by Gasteiger charge is 2.16. The lowest BCUT2D eigenvalue weighted by Gasteiger charge is -2.27. The summed E-state index contributed by atoms with van der Waals surface area (Å²) in [6, 6.07) is 65.0. The molecule has 0 saturated heterocycles. The number of rotatable bonds is 10. The van der Waals surface area contributed by atoms with Gasteiger partial charge < -0.3 is 4.90 Å². The Labute approximate surface area is 290 Å². The van der Waals surface area contributed by atoms with Crippen molar-refractivity contribution >= 4 is 22.6 Å². The summed E-state index contributed by atoms with van der Waals surface area (Å²) in [4.78, 5) is 2.33. The van der Waals surface area contributed by atoms with Crippen LogP contribution in [0.2, 0.25) is 0 Å². The molecule has 7 aromatic rings. The molecule has 0 N–H and O–H groups in total. The van der Waals surface area contributed by atoms with Crippen LogP contribution < -0.4 is 4.90 Å². The monoisotopic (exact) mass is 627 g/mol. The van der Waals surface area contributed by atoms with Gasteiger partial charge in [0.1, 0.15) is 0 Å². The van der Waals surface area contributed by atoms with Gasteiger partial charge in [0.05, 0.1) is 0 Å². The Morgan fingerprint density at radius 2 is 0.816 bits per heavy atom. The van der Waals surface area contributed by atoms with E-state index in [-0.39, 0.29) is 0 Å². The smallest absolute Gasteiger partial charge is 0.0468 e. The fourth-order valence-corrected chi connectivity index (χ4v) is 6.34. The Morgan fingerprint density at radius 3 is 1.39 bits per heavy atom. The third-order valence-corrected chi connectivity index (χ3v) is 8.86. The molecule has 0 heterocycles. The van der Waals surface area contributed by atoms with E-state index in [1.165, 1.54) is 44.5 Å². The number of benzene rings is 7. The van der Waals surface area contributed by atoms with E-state index in [1.54, 1.807) is 6.08 Å². The van der Waals surface area contributed by atoms with Crippen molar-refractivity contribution in [1.29, 1.82) is 0 Å². The van der Waals surface area contributed by atoms with Crippen LogP contribution in [0.3, 0.4) is 0 Å². The van der Waals surface area contributed by atoms with Crippen LogP contribution in [0.25, 0.3) is 50.1 Å². The highest BCUT2D eigenvalue weighted by atomic mass is 15.1. The second-order valence-corrected chi connectivity index (χ2v) is 11.9. The summed E-state index contributed by atoms with van der Waals surface area (Å²) >= 11 is 0. The van der Waals surface area contributed by atoms with Crippen molar-refractivity contribution in [2.45, 2.75) is 0 Å². The minimum absolute atomic E-state index is 1.06. The molecule has 7 aromatic carbocycles. The van der Waals surface area contributed by atoms with Crippen molar-refractivity contribution in [1.82, 2.24) is 0 Å². The predicted molar refractivity (Wildman–Crippen MR) is 211 cm³/mol. The van der Waals surface area contributed by atoms with E-state index in [1.807, 2.05) is 12.2 Å². The maximum Gasteiger partial charge on any atom is 0.0468 e. The Morgan fingerprint density at radius 1 is 0.388 bits per heavy atom. The van der Waals surface area contributed by atoms with E-state index in [9.17, 15) is 0 Å². The zero-order chi connectivity index (χ0) is 33.4. The van der Waals surface area contributed by atoms with Crippen molar-refractivity contribution < 1.29 is 0 Å². The Kier molecular flexibility index (Phi) is 9.25. The highest BCUT2D eigenvalue weighted by molar-refractivity contribution is 5.89. The van der Waals surface area contributed by atoms with Crippen LogP contribution in [0.4, 0.5) is 17.1 Å². The van der Waals surface area contributed by atoms with Crippen LogP contribution in [0.15, 0.2) is 213 Å². The maximum absolute atomic E-state index is 3.94. The van der Waals surface area contributed by atoms with E-state index < -0.39 is 0 Å². The van der Waals surface area contributed by atoms with E-state index in [0.717, 1.165) is 28.2 Å². The predicted octanol–water partition coefficient (Wildman–Crippen LogP) is 13.6. The number of anilines is 3. The second-order valence-electron chi connectivity index (χ2n) is 11.9. The molecule has 0 fully saturated rings. The van der Waals surface area contributed by atoms with Crippen molar-refractivity contribution in [3.8, 4) is 44.5 Å². The van der Waals surface area contributed by atoms with Crippen molar-refractivity contribution in [3.63, 3.8) is 0 Å². The fraction of sp³-hybridized carbons (Fsp3) is 0. The molecule has 0 amide bonds. The summed E-state index contributed by atoms with van der Waals surface area (Å²) in [5.41, 5.74) is 15.0. The number of para-hydroxylation sites is 1. The van der Waals surface area contributed by atoms with Gasteiger partial charge in [-0.05, 0) is 92.0 Å². The lowest BCUT2D eigenvalue weighted by Crippen LogP contribution is -2.10. The van der Waals surface area contributed by atoms with Crippen LogP contribution in [0.1, 0.15) is 5.56 Å². The van der Waals surface area contributed by atoms with Gasteiger partial charge in [-0.1, -0.05) is 177 Å². The molecule has 1 heteroatoms. The lowest BCUT2D eigenvalue weighted by molar-refractivity contribution is 1.28. The summed E-state index contributed by atoms with van der Waals surface area (Å²) in [5, 5.41) is 0. The number of nitrogens with zero attached hydrogens (tertiary/aromatic N) is 1. The number of allylic oxidation sites excluding steroid dienone is 4. The number of hydrogen-bond donors (Lipinski definition) is 0. The molecule has 0 spiro atoms. The van der Waals surface area contributed by atoms with Crippen molar-refractivity contribution in [2.75, 3.05) is 4.90 Å². The first kappa shape index (κ1) is 31.2. The zero-order valence-electron chi connectivity index (χ0n) is 27.4. The van der Waals surface area contributed by atoms with Gasteiger partial charge in [0, 0.05) is 17.1 Å². The van der Waals surface area contributed by atoms with Gasteiger partial charge in [-0.15, -0.1) is 0 Å². The summed E-state index contributed by atoms with van der Waals surface area (Å²) in [6.07, 6.45) is 5.64. The van der Waals surface area contributed by atoms with E-state index >= 15 is 0 Å². The van der Waals surface area contributed by atoms with Crippen LogP contribution in [-0.2, 0) is 0 Å². The Hall–Kier alpha value is -6.44. The standard InChI is InChI=1S/C48H37N/c1-3-14-36(4-2)38-21-23-39(24-22-38)40-25-27-43(28-26-40)47-34-33-46(35-48(47)42-17-10-6-11-18-42)49(44-19-12-7-13-20-44)45-31-29-41(30-32-45)37-15-8-5-9-16-37/h3-35H,1-2H2/b36-14+. The van der Waals surface area contributed by atoms with Gasteiger partial charge in [-0.2, -0.15) is 0 Å². The normalized spacial score (nSPS) is 11.1. The molecule has 49 heavy (non-hydrogen) atoms. The average Bonchev–Trinajstić information content (AvgIpc) is 3.18. The molecule has 0 atom stereocenters. The largest absolute Gasteiger partial charge is 0.310 e. The first-order valence-corrected chi connectivity index (χ1v) is 16.6. The average molecular weight is 628 g/mol. The van der Waals surface area contributed by atoms with Gasteiger partial charge in [0.15, 0.2) is 0 Å². The molecular formula is C48H37N. The highest BCUT2D eigenvalue weighted by Crippen LogP contribution is 2.41. The van der Waals surface area contributed by atoms with Gasteiger partial charge in [0.2, 0.25) is 0 Å². The minimum atomic E-state index is 1.06. The SMILES string of the molecule is C=C/C=C(\C=C)c1ccc(-c2ccc(-c3ccc(N(c4ccccc4)c4ccc(-c5ccccc5)cc4)cc3-c3ccccc3)cc2)cc1. The molecule has 234 valence electrons. The first-order valence-electron chi connectivity index (χ1n) is 16.6. The number of hydrogen-bond acceptors (Lipinski definition) is 1. The summed E-state index contributed by atoms with van der Waals surface area (Å²) in [5.74, 6) is 0. The molecule has 0 unspecified atom stereocenters. The zero-order valence-corrected chi connectivity index (χ0v) is 27.4. The van der Waals surface area contributed by atoms with Crippen LogP contribution in [0.5, 0.6) is 0 Å². The van der Waals surface area contributed by atoms with Crippen LogP contribution >= 0.6 is 0 Å². The summed E-state index contributed by atoms with van der Waals surface area (Å²) in [6.45, 7) is 7.77. The van der Waals surface area contributed by atoms with Gasteiger partial charge in [0.25, 0.3) is 0 Å². The van der Waals surface area contributed by atoms with E-state index in [4.69, 9.17) is 0 Å². The summed E-state index contributed by atoms with van der Waals surface area (Å²) in [7, 11) is 0. The van der Waals surface area contributed by atoms with Crippen LogP contribution in [-0.4, -0.2) is 0 Å². The molecule has 0 saturated carbocycles. The van der Waals surface area contributed by atoms with Crippen molar-refractivity contribution in [2.24, 2.45) is 0 Å². The molecule has 0 radical (unpaired) electrons. The lowest BCUT2D eigenvalue weighted by atomic mass is 9.92. The van der Waals surface area contributed by atoms with Gasteiger partial charge in [-0.25, -0.2) is 0 Å². The molecule has 0 aliphatic carbocycles. The molecule has 7 rings (SSSR count). The molecule has 0 aliphatic heterocycles. The Bertz CT molecular complexity index is 2190. The van der Waals surface area contributed by atoms with Crippen molar-refractivity contribution in [3.05, 3.63) is 219 Å². The van der Waals surface area contributed by atoms with E-state index in [0.29, 0.717) is 0 Å². The summed E-state index contributed by atoms with van der Waals surface area (Å²) < 4.78 is 0. The molecule has 0 aromatic heterocycles. The molecule has 0 bridgehead atoms. The van der Waals surface area contributed by atoms with Gasteiger partial charge in [-0.3, -0.25) is 0 Å². The quantitative estimate of drug-likeness (QED) is 0.136. The van der Waals surface area contributed by atoms with Crippen LogP contribution in [0, 0.1) is 0 Å². The second kappa shape index (κ2) is 14.5. The van der Waals surface area contributed by atoms with E-state index in [2.05, 4.69) is 200 Å².